The van der Waals surface area contributed by atoms with Crippen molar-refractivity contribution in [1.29, 1.82) is 0 Å². The zero-order valence-corrected chi connectivity index (χ0v) is 21.8. The van der Waals surface area contributed by atoms with Gasteiger partial charge in [-0.25, -0.2) is 4.79 Å². The fraction of sp³-hybridized carbons (Fsp3) is 0.679. The molecule has 4 amide bonds. The van der Waals surface area contributed by atoms with Gasteiger partial charge in [-0.2, -0.15) is 0 Å². The normalized spacial score (nSPS) is 30.0. The average Bonchev–Trinajstić information content (AvgIpc) is 3.23. The van der Waals surface area contributed by atoms with Gasteiger partial charge >= 0.3 is 6.03 Å². The van der Waals surface area contributed by atoms with E-state index in [1.54, 1.807) is 7.05 Å². The molecule has 196 valence electrons. The van der Waals surface area contributed by atoms with Crippen LogP contribution in [-0.2, 0) is 14.3 Å². The molecule has 1 aromatic carbocycles. The fourth-order valence-corrected chi connectivity index (χ4v) is 7.15. The maximum absolute atomic E-state index is 13.3. The monoisotopic (exact) mass is 496 g/mol. The number of likely N-dealkylation sites (N-methyl/N-ethyl adjacent to an activating group) is 1. The van der Waals surface area contributed by atoms with E-state index in [0.29, 0.717) is 26.1 Å². The molecule has 2 unspecified atom stereocenters. The number of nitrogens with one attached hydrogen (secondary N) is 1. The number of piperidine rings is 1. The van der Waals surface area contributed by atoms with Crippen molar-refractivity contribution in [3.8, 4) is 0 Å². The highest BCUT2D eigenvalue weighted by molar-refractivity contribution is 6.07. The number of rotatable bonds is 7. The maximum Gasteiger partial charge on any atom is 0.327 e. The van der Waals surface area contributed by atoms with Crippen molar-refractivity contribution >= 4 is 17.8 Å². The summed E-state index contributed by atoms with van der Waals surface area (Å²) < 4.78 is 5.44. The van der Waals surface area contributed by atoms with Gasteiger partial charge in [0.2, 0.25) is 5.91 Å². The number of fused-ring (bicyclic) bond motifs is 2. The van der Waals surface area contributed by atoms with Gasteiger partial charge in [0.15, 0.2) is 0 Å². The molecule has 3 atom stereocenters. The van der Waals surface area contributed by atoms with Crippen molar-refractivity contribution in [2.45, 2.75) is 88.5 Å². The van der Waals surface area contributed by atoms with Crippen LogP contribution in [0.25, 0.3) is 0 Å². The van der Waals surface area contributed by atoms with Crippen LogP contribution in [0.4, 0.5) is 4.79 Å². The number of benzene rings is 1. The summed E-state index contributed by atoms with van der Waals surface area (Å²) in [6.45, 7) is 6.17. The highest BCUT2D eigenvalue weighted by Gasteiger charge is 2.62. The molecule has 8 heteroatoms. The lowest BCUT2D eigenvalue weighted by molar-refractivity contribution is -0.137. The summed E-state index contributed by atoms with van der Waals surface area (Å²) in [5.41, 5.74) is 0.418. The molecule has 1 N–H and O–H groups in total. The lowest BCUT2D eigenvalue weighted by Gasteiger charge is -2.48. The Morgan fingerprint density at radius 3 is 2.31 bits per heavy atom. The van der Waals surface area contributed by atoms with Gasteiger partial charge in [-0.15, -0.1) is 0 Å². The number of hydrogen-bond acceptors (Lipinski definition) is 5. The van der Waals surface area contributed by atoms with E-state index >= 15 is 0 Å². The number of amides is 4. The standard InChI is InChI=1S/C28H40N4O4/c1-19(2)32-27(35)30(3)26(34)28(32)17-22-9-10-23(18-28)31(22)14-11-24(20-7-5-4-6-8-20)29-25(33)21-12-15-36-16-13-21/h4-8,19,21-24H,9-18H2,1-3H3,(H,29,33)/t22?,23?,24-,28?/m0/s1. The molecule has 4 saturated heterocycles. The van der Waals surface area contributed by atoms with Crippen LogP contribution in [0.5, 0.6) is 0 Å². The van der Waals surface area contributed by atoms with Crippen molar-refractivity contribution < 1.29 is 19.1 Å². The lowest BCUT2D eigenvalue weighted by Crippen LogP contribution is -2.61. The molecule has 0 saturated carbocycles. The summed E-state index contributed by atoms with van der Waals surface area (Å²) in [4.78, 5) is 45.1. The molecule has 0 aromatic heterocycles. The first-order chi connectivity index (χ1) is 17.3. The highest BCUT2D eigenvalue weighted by Crippen LogP contribution is 2.48. The highest BCUT2D eigenvalue weighted by atomic mass is 16.5. The number of carbonyl (C=O) groups is 3. The van der Waals surface area contributed by atoms with Gasteiger partial charge < -0.3 is 15.0 Å². The van der Waals surface area contributed by atoms with E-state index in [4.69, 9.17) is 4.74 Å². The van der Waals surface area contributed by atoms with Gasteiger partial charge in [0.25, 0.3) is 5.91 Å². The third-order valence-electron chi connectivity index (χ3n) is 8.88. The first-order valence-corrected chi connectivity index (χ1v) is 13.6. The smallest absolute Gasteiger partial charge is 0.327 e. The summed E-state index contributed by atoms with van der Waals surface area (Å²) in [7, 11) is 1.62. The number of nitrogens with zero attached hydrogens (tertiary/aromatic N) is 3. The van der Waals surface area contributed by atoms with E-state index in [2.05, 4.69) is 22.3 Å². The molecular formula is C28H40N4O4. The first-order valence-electron chi connectivity index (χ1n) is 13.6. The molecule has 2 bridgehead atoms. The summed E-state index contributed by atoms with van der Waals surface area (Å²) in [5, 5.41) is 3.35. The molecule has 0 radical (unpaired) electrons. The van der Waals surface area contributed by atoms with Gasteiger partial charge in [-0.3, -0.25) is 19.4 Å². The van der Waals surface area contributed by atoms with Crippen molar-refractivity contribution in [2.24, 2.45) is 5.92 Å². The summed E-state index contributed by atoms with van der Waals surface area (Å²) in [5.74, 6) is 0.0999. The van der Waals surface area contributed by atoms with E-state index in [9.17, 15) is 14.4 Å². The Kier molecular flexibility index (Phi) is 7.10. The zero-order chi connectivity index (χ0) is 25.4. The second-order valence-electron chi connectivity index (χ2n) is 11.3. The third kappa shape index (κ3) is 4.43. The predicted molar refractivity (Wildman–Crippen MR) is 136 cm³/mol. The Labute approximate surface area is 214 Å². The van der Waals surface area contributed by atoms with Crippen molar-refractivity contribution in [3.05, 3.63) is 35.9 Å². The largest absolute Gasteiger partial charge is 0.381 e. The molecule has 1 spiro atoms. The number of ether oxygens (including phenoxy) is 1. The Balaban J connectivity index is 1.29. The third-order valence-corrected chi connectivity index (χ3v) is 8.88. The second-order valence-corrected chi connectivity index (χ2v) is 11.3. The molecular weight excluding hydrogens is 456 g/mol. The number of carbonyl (C=O) groups excluding carboxylic acids is 3. The van der Waals surface area contributed by atoms with Gasteiger partial charge in [-0.05, 0) is 64.4 Å². The molecule has 4 aliphatic heterocycles. The van der Waals surface area contributed by atoms with E-state index in [1.807, 2.05) is 36.9 Å². The molecule has 5 rings (SSSR count). The first kappa shape index (κ1) is 25.2. The predicted octanol–water partition coefficient (Wildman–Crippen LogP) is 3.33. The van der Waals surface area contributed by atoms with Crippen LogP contribution in [0.2, 0.25) is 0 Å². The van der Waals surface area contributed by atoms with E-state index in [1.165, 1.54) is 4.90 Å². The van der Waals surface area contributed by atoms with E-state index < -0.39 is 5.54 Å². The Morgan fingerprint density at radius 1 is 1.06 bits per heavy atom. The van der Waals surface area contributed by atoms with Crippen LogP contribution in [0.1, 0.15) is 70.4 Å². The molecule has 4 fully saturated rings. The minimum Gasteiger partial charge on any atom is -0.381 e. The molecule has 1 aromatic rings. The van der Waals surface area contributed by atoms with Gasteiger partial charge in [0.1, 0.15) is 5.54 Å². The van der Waals surface area contributed by atoms with E-state index in [0.717, 1.165) is 44.2 Å². The van der Waals surface area contributed by atoms with Crippen LogP contribution in [0.3, 0.4) is 0 Å². The number of urea groups is 1. The molecule has 36 heavy (non-hydrogen) atoms. The lowest BCUT2D eigenvalue weighted by atomic mass is 9.80. The summed E-state index contributed by atoms with van der Waals surface area (Å²) in [6.07, 6.45) is 5.86. The van der Waals surface area contributed by atoms with E-state index in [-0.39, 0.29) is 47.9 Å². The van der Waals surface area contributed by atoms with Crippen molar-refractivity contribution in [1.82, 2.24) is 20.0 Å². The Morgan fingerprint density at radius 2 is 1.69 bits per heavy atom. The van der Waals surface area contributed by atoms with Crippen LogP contribution >= 0.6 is 0 Å². The minimum absolute atomic E-state index is 0.0137. The van der Waals surface area contributed by atoms with Crippen molar-refractivity contribution in [3.63, 3.8) is 0 Å². The quantitative estimate of drug-likeness (QED) is 0.586. The topological polar surface area (TPSA) is 82.2 Å². The van der Waals surface area contributed by atoms with Gasteiger partial charge in [0, 0.05) is 50.8 Å². The minimum atomic E-state index is -0.710. The SMILES string of the molecule is CC(C)N1C(=O)N(C)C(=O)C12CC1CCC(C2)N1CC[C@H](NC(=O)C1CCOCC1)c1ccccc1. The fourth-order valence-electron chi connectivity index (χ4n) is 7.15. The average molecular weight is 497 g/mol. The Hall–Kier alpha value is -2.45. The van der Waals surface area contributed by atoms with Gasteiger partial charge in [-0.1, -0.05) is 30.3 Å². The molecule has 0 aliphatic carbocycles. The van der Waals surface area contributed by atoms with Crippen LogP contribution in [0.15, 0.2) is 30.3 Å². The molecule has 4 aliphatic rings. The summed E-state index contributed by atoms with van der Waals surface area (Å²) >= 11 is 0. The zero-order valence-electron chi connectivity index (χ0n) is 21.8. The number of imide groups is 1. The molecule has 4 heterocycles. The van der Waals surface area contributed by atoms with Crippen molar-refractivity contribution in [2.75, 3.05) is 26.8 Å². The Bertz CT molecular complexity index is 963. The van der Waals surface area contributed by atoms with Crippen LogP contribution in [0, 0.1) is 5.92 Å². The molecule has 8 nitrogen and oxygen atoms in total. The van der Waals surface area contributed by atoms with Gasteiger partial charge in [0.05, 0.1) is 6.04 Å². The second kappa shape index (κ2) is 10.1. The van der Waals surface area contributed by atoms with Crippen LogP contribution in [-0.4, -0.2) is 83.0 Å². The number of hydrogen-bond donors (Lipinski definition) is 1. The maximum atomic E-state index is 13.3. The van der Waals surface area contributed by atoms with Crippen LogP contribution < -0.4 is 5.32 Å². The summed E-state index contributed by atoms with van der Waals surface area (Å²) in [6, 6.07) is 10.6.